The number of ether oxygens (including phenoxy) is 1. The summed E-state index contributed by atoms with van der Waals surface area (Å²) in [5.41, 5.74) is 0.939. The number of hydrogen-bond donors (Lipinski definition) is 2. The van der Waals surface area contributed by atoms with Crippen LogP contribution in [0.5, 0.6) is 0 Å². The number of hydrogen-bond acceptors (Lipinski definition) is 7. The molecule has 2 N–H and O–H groups in total. The summed E-state index contributed by atoms with van der Waals surface area (Å²) < 4.78 is 5.00. The monoisotopic (exact) mass is 389 g/mol. The Bertz CT molecular complexity index is 817. The largest absolute Gasteiger partial charge is 0.451 e. The third kappa shape index (κ3) is 6.49. The smallest absolute Gasteiger partial charge is 0.358 e. The fourth-order valence-electron chi connectivity index (χ4n) is 2.21. The van der Waals surface area contributed by atoms with E-state index in [-0.39, 0.29) is 11.5 Å². The maximum absolute atomic E-state index is 12.0. The Labute approximate surface area is 162 Å². The van der Waals surface area contributed by atoms with Crippen LogP contribution in [0.15, 0.2) is 29.6 Å². The molecule has 0 radical (unpaired) electrons. The molecule has 27 heavy (non-hydrogen) atoms. The van der Waals surface area contributed by atoms with Crippen molar-refractivity contribution in [2.75, 3.05) is 23.8 Å². The van der Waals surface area contributed by atoms with Gasteiger partial charge in [-0.25, -0.2) is 9.78 Å². The van der Waals surface area contributed by atoms with Crippen molar-refractivity contribution in [1.82, 2.24) is 4.98 Å². The van der Waals surface area contributed by atoms with Gasteiger partial charge in [-0.3, -0.25) is 9.59 Å². The summed E-state index contributed by atoms with van der Waals surface area (Å²) in [5, 5.41) is 7.96. The molecular weight excluding hydrogens is 366 g/mol. The maximum Gasteiger partial charge on any atom is 0.358 e. The number of para-hydroxylation sites is 1. The standard InChI is InChI=1S/C19H23N3O4S/c1-12(2)8-9-20-19-22-16(11-27-19)18(25)26-10-17(24)21-15-7-5-4-6-14(15)13(3)23/h4-7,11-12H,8-10H2,1-3H3,(H,20,22)(H,21,24). The first-order valence-electron chi connectivity index (χ1n) is 8.63. The van der Waals surface area contributed by atoms with Gasteiger partial charge in [0.15, 0.2) is 23.2 Å². The van der Waals surface area contributed by atoms with Gasteiger partial charge in [0.25, 0.3) is 5.91 Å². The quantitative estimate of drug-likeness (QED) is 0.502. The molecule has 2 aromatic rings. The van der Waals surface area contributed by atoms with Crippen molar-refractivity contribution in [3.8, 4) is 0 Å². The van der Waals surface area contributed by atoms with Crippen molar-refractivity contribution in [3.63, 3.8) is 0 Å². The Kier molecular flexibility index (Phi) is 7.48. The first-order chi connectivity index (χ1) is 12.9. The predicted octanol–water partition coefficient (Wildman–Crippen LogP) is 3.60. The molecule has 0 aliphatic heterocycles. The highest BCUT2D eigenvalue weighted by molar-refractivity contribution is 7.13. The lowest BCUT2D eigenvalue weighted by Crippen LogP contribution is -2.22. The van der Waals surface area contributed by atoms with E-state index in [2.05, 4.69) is 29.5 Å². The number of carbonyl (C=O) groups excluding carboxylic acids is 3. The molecule has 0 unspecified atom stereocenters. The van der Waals surface area contributed by atoms with Gasteiger partial charge < -0.3 is 15.4 Å². The Morgan fingerprint density at radius 2 is 1.96 bits per heavy atom. The molecule has 1 heterocycles. The number of benzene rings is 1. The molecule has 0 spiro atoms. The van der Waals surface area contributed by atoms with E-state index >= 15 is 0 Å². The zero-order valence-corrected chi connectivity index (χ0v) is 16.4. The molecular formula is C19H23N3O4S. The van der Waals surface area contributed by atoms with Gasteiger partial charge in [0.05, 0.1) is 5.69 Å². The van der Waals surface area contributed by atoms with Gasteiger partial charge in [-0.2, -0.15) is 0 Å². The predicted molar refractivity (Wildman–Crippen MR) is 105 cm³/mol. The van der Waals surface area contributed by atoms with E-state index in [1.165, 1.54) is 18.3 Å². The number of thiazole rings is 1. The minimum Gasteiger partial charge on any atom is -0.451 e. The molecule has 0 fully saturated rings. The molecule has 8 heteroatoms. The Hall–Kier alpha value is -2.74. The number of esters is 1. The molecule has 0 aliphatic carbocycles. The van der Waals surface area contributed by atoms with E-state index in [0.717, 1.165) is 13.0 Å². The van der Waals surface area contributed by atoms with Gasteiger partial charge in [0.2, 0.25) is 0 Å². The number of amides is 1. The number of Topliss-reactive ketones (excluding diaryl/α,β-unsaturated/α-hetero) is 1. The molecule has 2 rings (SSSR count). The van der Waals surface area contributed by atoms with Crippen molar-refractivity contribution in [2.45, 2.75) is 27.2 Å². The van der Waals surface area contributed by atoms with Crippen LogP contribution in [0.1, 0.15) is 48.0 Å². The van der Waals surface area contributed by atoms with Crippen molar-refractivity contribution >= 4 is 39.8 Å². The van der Waals surface area contributed by atoms with Crippen molar-refractivity contribution < 1.29 is 19.1 Å². The normalized spacial score (nSPS) is 10.5. The molecule has 1 aromatic heterocycles. The Morgan fingerprint density at radius 1 is 1.22 bits per heavy atom. The van der Waals surface area contributed by atoms with Gasteiger partial charge in [-0.1, -0.05) is 26.0 Å². The van der Waals surface area contributed by atoms with Crippen molar-refractivity contribution in [2.24, 2.45) is 5.92 Å². The minimum atomic E-state index is -0.668. The van der Waals surface area contributed by atoms with Crippen LogP contribution in [0, 0.1) is 5.92 Å². The lowest BCUT2D eigenvalue weighted by Gasteiger charge is -2.09. The van der Waals surface area contributed by atoms with Crippen LogP contribution in [0.2, 0.25) is 0 Å². The summed E-state index contributed by atoms with van der Waals surface area (Å²) in [6.45, 7) is 5.99. The summed E-state index contributed by atoms with van der Waals surface area (Å²) >= 11 is 1.31. The second-order valence-electron chi connectivity index (χ2n) is 6.37. The maximum atomic E-state index is 12.0. The highest BCUT2D eigenvalue weighted by Gasteiger charge is 2.15. The van der Waals surface area contributed by atoms with Crippen LogP contribution >= 0.6 is 11.3 Å². The minimum absolute atomic E-state index is 0.156. The van der Waals surface area contributed by atoms with E-state index in [0.29, 0.717) is 22.3 Å². The summed E-state index contributed by atoms with van der Waals surface area (Å²) in [4.78, 5) is 39.8. The molecule has 1 aromatic carbocycles. The lowest BCUT2D eigenvalue weighted by atomic mass is 10.1. The summed E-state index contributed by atoms with van der Waals surface area (Å²) in [6, 6.07) is 6.65. The molecule has 0 saturated heterocycles. The van der Waals surface area contributed by atoms with Crippen LogP contribution in [0.4, 0.5) is 10.8 Å². The summed E-state index contributed by atoms with van der Waals surface area (Å²) in [5.74, 6) is -0.780. The van der Waals surface area contributed by atoms with Crippen LogP contribution in [0.3, 0.4) is 0 Å². The number of aromatic nitrogens is 1. The first kappa shape index (κ1) is 20.6. The zero-order valence-electron chi connectivity index (χ0n) is 15.6. The van der Waals surface area contributed by atoms with Gasteiger partial charge in [-0.15, -0.1) is 11.3 Å². The number of anilines is 2. The fourth-order valence-corrected chi connectivity index (χ4v) is 2.92. The molecule has 0 bridgehead atoms. The number of nitrogens with zero attached hydrogens (tertiary/aromatic N) is 1. The van der Waals surface area contributed by atoms with Crippen molar-refractivity contribution in [1.29, 1.82) is 0 Å². The van der Waals surface area contributed by atoms with Crippen LogP contribution in [-0.4, -0.2) is 35.8 Å². The highest BCUT2D eigenvalue weighted by Crippen LogP contribution is 2.17. The zero-order chi connectivity index (χ0) is 19.8. The van der Waals surface area contributed by atoms with Gasteiger partial charge in [0, 0.05) is 17.5 Å². The van der Waals surface area contributed by atoms with Gasteiger partial charge >= 0.3 is 5.97 Å². The van der Waals surface area contributed by atoms with E-state index in [9.17, 15) is 14.4 Å². The Morgan fingerprint density at radius 3 is 2.67 bits per heavy atom. The third-order valence-corrected chi connectivity index (χ3v) is 4.43. The Balaban J connectivity index is 1.84. The van der Waals surface area contributed by atoms with Gasteiger partial charge in [0.1, 0.15) is 0 Å². The fraction of sp³-hybridized carbons (Fsp3) is 0.368. The first-order valence-corrected chi connectivity index (χ1v) is 9.51. The average Bonchev–Trinajstić information content (AvgIpc) is 3.08. The molecule has 0 atom stereocenters. The summed E-state index contributed by atoms with van der Waals surface area (Å²) in [6.07, 6.45) is 1.00. The molecule has 144 valence electrons. The second-order valence-corrected chi connectivity index (χ2v) is 7.23. The van der Waals surface area contributed by atoms with Crippen molar-refractivity contribution in [3.05, 3.63) is 40.9 Å². The van der Waals surface area contributed by atoms with Crippen LogP contribution < -0.4 is 10.6 Å². The molecule has 7 nitrogen and oxygen atoms in total. The molecule has 1 amide bonds. The summed E-state index contributed by atoms with van der Waals surface area (Å²) in [7, 11) is 0. The highest BCUT2D eigenvalue weighted by atomic mass is 32.1. The average molecular weight is 389 g/mol. The van der Waals surface area contributed by atoms with E-state index in [4.69, 9.17) is 4.74 Å². The molecule has 0 aliphatic rings. The molecule has 0 saturated carbocycles. The lowest BCUT2D eigenvalue weighted by molar-refractivity contribution is -0.119. The van der Waals surface area contributed by atoms with E-state index in [1.807, 2.05) is 0 Å². The number of ketones is 1. The topological polar surface area (TPSA) is 97.4 Å². The van der Waals surface area contributed by atoms with Crippen LogP contribution in [0.25, 0.3) is 0 Å². The van der Waals surface area contributed by atoms with E-state index < -0.39 is 18.5 Å². The van der Waals surface area contributed by atoms with Gasteiger partial charge in [-0.05, 0) is 31.4 Å². The number of nitrogens with one attached hydrogen (secondary N) is 2. The van der Waals surface area contributed by atoms with E-state index in [1.54, 1.807) is 29.6 Å². The number of rotatable bonds is 9. The SMILES string of the molecule is CC(=O)c1ccccc1NC(=O)COC(=O)c1csc(NCCC(C)C)n1. The van der Waals surface area contributed by atoms with Crippen LogP contribution in [-0.2, 0) is 9.53 Å². The third-order valence-electron chi connectivity index (χ3n) is 3.63. The second kappa shape index (κ2) is 9.82. The number of carbonyl (C=O) groups is 3.